The minimum Gasteiger partial charge on any atom is -0.500 e. The first kappa shape index (κ1) is 28.9. The van der Waals surface area contributed by atoms with E-state index in [2.05, 4.69) is 100 Å². The van der Waals surface area contributed by atoms with Gasteiger partial charge < -0.3 is 14.0 Å². The van der Waals surface area contributed by atoms with E-state index in [0.717, 1.165) is 72.1 Å². The van der Waals surface area contributed by atoms with Crippen molar-refractivity contribution < 1.29 is 28.6 Å². The first-order chi connectivity index (χ1) is 25.8. The summed E-state index contributed by atoms with van der Waals surface area (Å²) in [4.78, 5) is 13.7. The van der Waals surface area contributed by atoms with Crippen LogP contribution in [0.1, 0.15) is 15.2 Å². The third kappa shape index (κ3) is 5.69. The fraction of sp³-hybridized carbons (Fsp3) is 0.0444. The van der Waals surface area contributed by atoms with Gasteiger partial charge in [-0.15, -0.1) is 54.1 Å². The van der Waals surface area contributed by atoms with Gasteiger partial charge in [0.15, 0.2) is 5.65 Å². The van der Waals surface area contributed by atoms with Crippen LogP contribution in [0, 0.1) is 25.9 Å². The van der Waals surface area contributed by atoms with Crippen LogP contribution in [0.5, 0.6) is 0 Å². The van der Waals surface area contributed by atoms with Crippen LogP contribution in [0.4, 0.5) is 0 Å². The van der Waals surface area contributed by atoms with E-state index < -0.39 is 6.85 Å². The van der Waals surface area contributed by atoms with Crippen molar-refractivity contribution >= 4 is 54.6 Å². The van der Waals surface area contributed by atoms with E-state index in [-0.39, 0.29) is 25.7 Å². The summed E-state index contributed by atoms with van der Waals surface area (Å²) in [5.74, 6) is 0.766. The molecular weight excluding hydrogens is 805 g/mol. The zero-order chi connectivity index (χ0) is 36.1. The number of pyridine rings is 2. The van der Waals surface area contributed by atoms with Gasteiger partial charge in [0, 0.05) is 53.1 Å². The van der Waals surface area contributed by atoms with Crippen LogP contribution in [0.25, 0.3) is 83.0 Å². The molecule has 247 valence electrons. The standard InChI is InChI=1S/C33H20N3O.C12H10N.Ir/c1-20-18-19-34-32-29(20)36(23-9-3-2-4-10-23)33(35-32)27-13-7-12-25-26-17-16-22-15-14-21-8-5-6-11-24(21)28(22)31(26)37-30(25)27;1-10-7-8-12(13-9-10)11-5-3-2-4-6-11;/h2-12,14-19H,1H3;2-5,7-9H,1H3;/q2*-1;/i;1D3;. The Bertz CT molecular complexity index is 2940. The van der Waals surface area contributed by atoms with Crippen molar-refractivity contribution in [2.75, 3.05) is 0 Å². The van der Waals surface area contributed by atoms with Crippen molar-refractivity contribution in [2.24, 2.45) is 0 Å². The van der Waals surface area contributed by atoms with Crippen molar-refractivity contribution in [3.63, 3.8) is 0 Å². The molecule has 0 fully saturated rings. The summed E-state index contributed by atoms with van der Waals surface area (Å²) < 4.78 is 30.6. The molecule has 0 N–H and O–H groups in total. The number of fused-ring (bicyclic) bond motifs is 8. The minimum atomic E-state index is -2.09. The molecule has 10 aromatic rings. The molecule has 1 radical (unpaired) electrons. The zero-order valence-electron chi connectivity index (χ0n) is 30.4. The zero-order valence-corrected chi connectivity index (χ0v) is 29.8. The number of para-hydroxylation sites is 1. The number of benzene rings is 6. The van der Waals surface area contributed by atoms with E-state index in [1.54, 1.807) is 18.2 Å². The fourth-order valence-corrected chi connectivity index (χ4v) is 6.71. The number of hydrogen-bond acceptors (Lipinski definition) is 4. The Labute approximate surface area is 312 Å². The Hall–Kier alpha value is -5.94. The summed E-state index contributed by atoms with van der Waals surface area (Å²) in [6, 6.07) is 50.8. The first-order valence-corrected chi connectivity index (χ1v) is 16.4. The van der Waals surface area contributed by atoms with Gasteiger partial charge in [0.25, 0.3) is 0 Å². The topological polar surface area (TPSA) is 56.7 Å². The number of aryl methyl sites for hydroxylation is 2. The normalized spacial score (nSPS) is 12.3. The maximum Gasteiger partial charge on any atom is 0.168 e. The third-order valence-corrected chi connectivity index (χ3v) is 9.05. The second-order valence-electron chi connectivity index (χ2n) is 12.1. The van der Waals surface area contributed by atoms with E-state index in [9.17, 15) is 0 Å². The van der Waals surface area contributed by atoms with Crippen LogP contribution in [-0.4, -0.2) is 19.5 Å². The smallest absolute Gasteiger partial charge is 0.168 e. The molecule has 6 heteroatoms. The van der Waals surface area contributed by atoms with E-state index in [0.29, 0.717) is 5.65 Å². The van der Waals surface area contributed by atoms with Crippen LogP contribution >= 0.6 is 0 Å². The average Bonchev–Trinajstić information content (AvgIpc) is 3.78. The molecule has 5 nitrogen and oxygen atoms in total. The maximum atomic E-state index is 7.23. The van der Waals surface area contributed by atoms with Gasteiger partial charge >= 0.3 is 0 Å². The summed E-state index contributed by atoms with van der Waals surface area (Å²) in [6.07, 6.45) is 3.20. The van der Waals surface area contributed by atoms with E-state index in [1.807, 2.05) is 54.7 Å². The number of imidazole rings is 1. The molecule has 51 heavy (non-hydrogen) atoms. The van der Waals surface area contributed by atoms with Gasteiger partial charge in [0.05, 0.1) is 16.9 Å². The molecule has 0 saturated carbocycles. The summed E-state index contributed by atoms with van der Waals surface area (Å²) in [5.41, 5.74) is 8.17. The number of furan rings is 1. The summed E-state index contributed by atoms with van der Waals surface area (Å²) in [7, 11) is 0. The van der Waals surface area contributed by atoms with Crippen LogP contribution in [0.3, 0.4) is 0 Å². The molecule has 4 aromatic heterocycles. The predicted octanol–water partition coefficient (Wildman–Crippen LogP) is 11.3. The van der Waals surface area contributed by atoms with Gasteiger partial charge in [-0.3, -0.25) is 4.98 Å². The van der Waals surface area contributed by atoms with Crippen molar-refractivity contribution in [1.29, 1.82) is 0 Å². The Kier molecular flexibility index (Phi) is 7.58. The third-order valence-electron chi connectivity index (χ3n) is 9.05. The van der Waals surface area contributed by atoms with Crippen molar-refractivity contribution in [3.8, 4) is 28.3 Å². The van der Waals surface area contributed by atoms with E-state index >= 15 is 0 Å². The molecule has 0 amide bonds. The second kappa shape index (κ2) is 13.4. The molecular formula is C45H30IrN4O-2. The van der Waals surface area contributed by atoms with E-state index in [4.69, 9.17) is 13.5 Å². The molecule has 6 aromatic carbocycles. The van der Waals surface area contributed by atoms with Gasteiger partial charge in [-0.1, -0.05) is 89.8 Å². The molecule has 0 aliphatic heterocycles. The van der Waals surface area contributed by atoms with Crippen molar-refractivity contribution in [2.45, 2.75) is 13.8 Å². The Morgan fingerprint density at radius 1 is 0.686 bits per heavy atom. The predicted molar refractivity (Wildman–Crippen MR) is 203 cm³/mol. The fourth-order valence-electron chi connectivity index (χ4n) is 6.71. The van der Waals surface area contributed by atoms with Crippen LogP contribution in [0.15, 0.2) is 150 Å². The molecule has 0 saturated heterocycles. The molecule has 0 unspecified atom stereocenters. The summed E-state index contributed by atoms with van der Waals surface area (Å²) in [5, 5.41) is 6.81. The number of rotatable bonds is 3. The quantitative estimate of drug-likeness (QED) is 0.131. The molecule has 0 bridgehead atoms. The van der Waals surface area contributed by atoms with Gasteiger partial charge in [-0.25, -0.2) is 4.98 Å². The molecule has 4 heterocycles. The van der Waals surface area contributed by atoms with Crippen LogP contribution < -0.4 is 0 Å². The number of nitrogens with zero attached hydrogens (tertiary/aromatic N) is 4. The minimum absolute atomic E-state index is 0. The summed E-state index contributed by atoms with van der Waals surface area (Å²) in [6.45, 7) is 0.00355. The average molecular weight is 838 g/mol. The molecule has 0 aliphatic rings. The van der Waals surface area contributed by atoms with Gasteiger partial charge in [-0.2, -0.15) is 0 Å². The SMILES string of the molecule is Cc1ccnc2nc(-c3[c-]ccc4c3oc3c4ccc4ccc5ccccc5c43)n(-c3ccccc3)c12.[2H]C([2H])([2H])c1ccc(-c2[c-]cccc2)nc1.[Ir]. The van der Waals surface area contributed by atoms with Gasteiger partial charge in [-0.05, 0) is 65.0 Å². The Morgan fingerprint density at radius 2 is 1.49 bits per heavy atom. The van der Waals surface area contributed by atoms with Gasteiger partial charge in [0.2, 0.25) is 0 Å². The van der Waals surface area contributed by atoms with Crippen molar-refractivity contribution in [3.05, 3.63) is 169 Å². The molecule has 10 rings (SSSR count). The number of aromatic nitrogens is 4. The number of hydrogen-bond donors (Lipinski definition) is 0. The van der Waals surface area contributed by atoms with Gasteiger partial charge in [0.1, 0.15) is 5.58 Å². The van der Waals surface area contributed by atoms with Crippen molar-refractivity contribution in [1.82, 2.24) is 19.5 Å². The Morgan fingerprint density at radius 3 is 2.31 bits per heavy atom. The molecule has 0 spiro atoms. The van der Waals surface area contributed by atoms with Crippen LogP contribution in [0.2, 0.25) is 0 Å². The summed E-state index contributed by atoms with van der Waals surface area (Å²) >= 11 is 0. The Balaban J connectivity index is 0.000000206. The van der Waals surface area contributed by atoms with E-state index in [1.165, 1.54) is 17.0 Å². The second-order valence-corrected chi connectivity index (χ2v) is 12.1. The monoisotopic (exact) mass is 838 g/mol. The maximum absolute atomic E-state index is 7.23. The van der Waals surface area contributed by atoms with Crippen LogP contribution in [-0.2, 0) is 20.1 Å². The molecule has 0 atom stereocenters. The largest absolute Gasteiger partial charge is 0.500 e. The molecule has 0 aliphatic carbocycles. The first-order valence-electron chi connectivity index (χ1n) is 17.9.